The number of rotatable bonds is 6. The van der Waals surface area contributed by atoms with E-state index >= 15 is 0 Å². The van der Waals surface area contributed by atoms with Crippen molar-refractivity contribution in [3.8, 4) is 0 Å². The lowest BCUT2D eigenvalue weighted by atomic mass is 10.2. The van der Waals surface area contributed by atoms with Crippen molar-refractivity contribution in [1.29, 1.82) is 0 Å². The Hall–Kier alpha value is -0.450. The average Bonchev–Trinajstić information content (AvgIpc) is 2.22. The molecular weight excluding hydrogens is 273 g/mol. The molecular formula is C12H17BrFNO. The normalized spacial score (nSPS) is 12.8. The summed E-state index contributed by atoms with van der Waals surface area (Å²) in [6, 6.07) is 4.74. The van der Waals surface area contributed by atoms with Gasteiger partial charge >= 0.3 is 0 Å². The third-order valence-electron chi connectivity index (χ3n) is 2.27. The van der Waals surface area contributed by atoms with Gasteiger partial charge < -0.3 is 10.1 Å². The second-order valence-corrected chi connectivity index (χ2v) is 4.78. The fourth-order valence-electron chi connectivity index (χ4n) is 1.46. The highest BCUT2D eigenvalue weighted by atomic mass is 79.9. The maximum absolute atomic E-state index is 12.8. The molecule has 4 heteroatoms. The van der Waals surface area contributed by atoms with E-state index in [9.17, 15) is 4.39 Å². The van der Waals surface area contributed by atoms with Gasteiger partial charge in [0.05, 0.1) is 0 Å². The molecule has 0 aliphatic heterocycles. The number of hydrogen-bond donors (Lipinski definition) is 1. The highest BCUT2D eigenvalue weighted by Gasteiger charge is 2.03. The van der Waals surface area contributed by atoms with E-state index in [2.05, 4.69) is 28.2 Å². The number of hydrogen-bond acceptors (Lipinski definition) is 2. The Morgan fingerprint density at radius 3 is 2.88 bits per heavy atom. The molecule has 1 aromatic carbocycles. The molecule has 0 amide bonds. The van der Waals surface area contributed by atoms with Crippen molar-refractivity contribution in [3.63, 3.8) is 0 Å². The topological polar surface area (TPSA) is 21.3 Å². The zero-order chi connectivity index (χ0) is 12.0. The van der Waals surface area contributed by atoms with Crippen molar-refractivity contribution in [2.45, 2.75) is 13.5 Å². The summed E-state index contributed by atoms with van der Waals surface area (Å²) in [6.45, 7) is 4.49. The number of ether oxygens (including phenoxy) is 1. The van der Waals surface area contributed by atoms with Gasteiger partial charge in [0.25, 0.3) is 0 Å². The molecule has 1 unspecified atom stereocenters. The van der Waals surface area contributed by atoms with Gasteiger partial charge in [-0.1, -0.05) is 28.9 Å². The highest BCUT2D eigenvalue weighted by molar-refractivity contribution is 9.10. The third kappa shape index (κ3) is 4.60. The van der Waals surface area contributed by atoms with Crippen LogP contribution in [-0.4, -0.2) is 20.3 Å². The molecule has 1 aromatic rings. The van der Waals surface area contributed by atoms with Gasteiger partial charge in [-0.05, 0) is 23.6 Å². The monoisotopic (exact) mass is 289 g/mol. The number of halogens is 2. The Balaban J connectivity index is 2.37. The average molecular weight is 290 g/mol. The quantitative estimate of drug-likeness (QED) is 0.869. The molecule has 2 nitrogen and oxygen atoms in total. The lowest BCUT2D eigenvalue weighted by Gasteiger charge is -2.12. The van der Waals surface area contributed by atoms with Gasteiger partial charge in [-0.25, -0.2) is 4.39 Å². The van der Waals surface area contributed by atoms with Crippen LogP contribution < -0.4 is 5.32 Å². The van der Waals surface area contributed by atoms with Crippen LogP contribution in [0, 0.1) is 11.7 Å². The molecule has 16 heavy (non-hydrogen) atoms. The van der Waals surface area contributed by atoms with Crippen molar-refractivity contribution in [2.75, 3.05) is 20.3 Å². The minimum Gasteiger partial charge on any atom is -0.384 e. The first-order valence-electron chi connectivity index (χ1n) is 5.27. The second-order valence-electron chi connectivity index (χ2n) is 3.93. The predicted molar refractivity (Wildman–Crippen MR) is 66.8 cm³/mol. The lowest BCUT2D eigenvalue weighted by Crippen LogP contribution is -2.23. The first-order valence-corrected chi connectivity index (χ1v) is 6.06. The van der Waals surface area contributed by atoms with E-state index in [1.54, 1.807) is 13.2 Å². The third-order valence-corrected chi connectivity index (χ3v) is 3.01. The fraction of sp³-hybridized carbons (Fsp3) is 0.500. The highest BCUT2D eigenvalue weighted by Crippen LogP contribution is 2.17. The molecule has 0 saturated heterocycles. The number of benzene rings is 1. The van der Waals surface area contributed by atoms with E-state index < -0.39 is 0 Å². The molecule has 0 spiro atoms. The Kier molecular flexibility index (Phi) is 5.95. The molecule has 0 radical (unpaired) electrons. The van der Waals surface area contributed by atoms with Crippen molar-refractivity contribution >= 4 is 15.9 Å². The molecule has 0 aliphatic rings. The van der Waals surface area contributed by atoms with E-state index in [0.29, 0.717) is 5.92 Å². The number of nitrogens with one attached hydrogen (secondary N) is 1. The second kappa shape index (κ2) is 6.99. The summed E-state index contributed by atoms with van der Waals surface area (Å²) in [5, 5.41) is 3.31. The summed E-state index contributed by atoms with van der Waals surface area (Å²) in [6.07, 6.45) is 0. The Labute approximate surface area is 104 Å². The Morgan fingerprint density at radius 1 is 1.50 bits per heavy atom. The maximum atomic E-state index is 12.8. The standard InChI is InChI=1S/C12H17BrFNO/c1-9(8-16-2)6-15-7-10-3-4-11(14)5-12(10)13/h3-5,9,15H,6-8H2,1-2H3. The summed E-state index contributed by atoms with van der Waals surface area (Å²) < 4.78 is 18.7. The van der Waals surface area contributed by atoms with Gasteiger partial charge in [-0.3, -0.25) is 0 Å². The van der Waals surface area contributed by atoms with Crippen LogP contribution in [0.1, 0.15) is 12.5 Å². The van der Waals surface area contributed by atoms with Crippen LogP contribution in [0.5, 0.6) is 0 Å². The molecule has 1 N–H and O–H groups in total. The summed E-state index contributed by atoms with van der Waals surface area (Å²) in [5.74, 6) is 0.257. The van der Waals surface area contributed by atoms with Crippen LogP contribution in [0.3, 0.4) is 0 Å². The summed E-state index contributed by atoms with van der Waals surface area (Å²) in [5.41, 5.74) is 1.06. The van der Waals surface area contributed by atoms with E-state index in [1.165, 1.54) is 12.1 Å². The molecule has 1 atom stereocenters. The van der Waals surface area contributed by atoms with Crippen LogP contribution in [0.2, 0.25) is 0 Å². The van der Waals surface area contributed by atoms with Gasteiger partial charge in [0.2, 0.25) is 0 Å². The molecule has 0 heterocycles. The number of methoxy groups -OCH3 is 1. The molecule has 0 aliphatic carbocycles. The fourth-order valence-corrected chi connectivity index (χ4v) is 1.95. The maximum Gasteiger partial charge on any atom is 0.124 e. The first kappa shape index (κ1) is 13.6. The van der Waals surface area contributed by atoms with E-state index in [1.807, 2.05) is 0 Å². The first-order chi connectivity index (χ1) is 7.63. The van der Waals surface area contributed by atoms with E-state index in [4.69, 9.17) is 4.74 Å². The van der Waals surface area contributed by atoms with Crippen molar-refractivity contribution in [1.82, 2.24) is 5.32 Å². The van der Waals surface area contributed by atoms with Crippen LogP contribution >= 0.6 is 15.9 Å². The molecule has 0 bridgehead atoms. The molecule has 90 valence electrons. The van der Waals surface area contributed by atoms with Crippen LogP contribution in [0.4, 0.5) is 4.39 Å². The Bertz CT molecular complexity index is 333. The minimum atomic E-state index is -0.219. The van der Waals surface area contributed by atoms with Gasteiger partial charge in [0.15, 0.2) is 0 Å². The minimum absolute atomic E-state index is 0.219. The van der Waals surface area contributed by atoms with Crippen molar-refractivity contribution in [3.05, 3.63) is 34.1 Å². The van der Waals surface area contributed by atoms with Crippen molar-refractivity contribution in [2.24, 2.45) is 5.92 Å². The van der Waals surface area contributed by atoms with Crippen LogP contribution in [-0.2, 0) is 11.3 Å². The largest absolute Gasteiger partial charge is 0.384 e. The summed E-state index contributed by atoms with van der Waals surface area (Å²) >= 11 is 3.34. The summed E-state index contributed by atoms with van der Waals surface area (Å²) in [7, 11) is 1.70. The van der Waals surface area contributed by atoms with Crippen molar-refractivity contribution < 1.29 is 9.13 Å². The predicted octanol–water partition coefficient (Wildman–Crippen LogP) is 2.96. The Morgan fingerprint density at radius 2 is 2.25 bits per heavy atom. The molecule has 0 aromatic heterocycles. The zero-order valence-electron chi connectivity index (χ0n) is 9.59. The smallest absolute Gasteiger partial charge is 0.124 e. The zero-order valence-corrected chi connectivity index (χ0v) is 11.2. The van der Waals surface area contributed by atoms with Crippen LogP contribution in [0.25, 0.3) is 0 Å². The van der Waals surface area contributed by atoms with E-state index in [-0.39, 0.29) is 5.82 Å². The molecule has 1 rings (SSSR count). The van der Waals surface area contributed by atoms with Gasteiger partial charge in [0.1, 0.15) is 5.82 Å². The SMILES string of the molecule is COCC(C)CNCc1ccc(F)cc1Br. The lowest BCUT2D eigenvalue weighted by molar-refractivity contribution is 0.158. The van der Waals surface area contributed by atoms with Crippen LogP contribution in [0.15, 0.2) is 22.7 Å². The molecule has 0 fully saturated rings. The summed E-state index contributed by atoms with van der Waals surface area (Å²) in [4.78, 5) is 0. The van der Waals surface area contributed by atoms with E-state index in [0.717, 1.165) is 29.7 Å². The molecule has 0 saturated carbocycles. The van der Waals surface area contributed by atoms with Gasteiger partial charge in [-0.2, -0.15) is 0 Å². The van der Waals surface area contributed by atoms with Gasteiger partial charge in [0, 0.05) is 31.3 Å². The van der Waals surface area contributed by atoms with Gasteiger partial charge in [-0.15, -0.1) is 0 Å².